The maximum absolute atomic E-state index is 5.37. The number of aromatic nitrogens is 2. The summed E-state index contributed by atoms with van der Waals surface area (Å²) in [5.74, 6) is 0.498. The van der Waals surface area contributed by atoms with Crippen LogP contribution in [0.25, 0.3) is 0 Å². The molecule has 4 heteroatoms. The molecule has 0 radical (unpaired) electrons. The molecule has 17 heavy (non-hydrogen) atoms. The topological polar surface area (TPSA) is 24.0 Å². The van der Waals surface area contributed by atoms with E-state index in [1.807, 2.05) is 6.20 Å². The van der Waals surface area contributed by atoms with Crippen molar-refractivity contribution < 1.29 is 0 Å². The van der Waals surface area contributed by atoms with Gasteiger partial charge in [0.05, 0.1) is 0 Å². The maximum atomic E-state index is 5.37. The van der Waals surface area contributed by atoms with Crippen LogP contribution in [0.15, 0.2) is 6.20 Å². The third-order valence-corrected chi connectivity index (χ3v) is 3.16. The molecule has 0 bridgehead atoms. The van der Waals surface area contributed by atoms with Crippen LogP contribution in [0.1, 0.15) is 39.3 Å². The zero-order valence-electron chi connectivity index (χ0n) is 11.9. The van der Waals surface area contributed by atoms with E-state index in [2.05, 4.69) is 56.2 Å². The van der Waals surface area contributed by atoms with Gasteiger partial charge in [-0.25, -0.2) is 0 Å². The molecule has 0 saturated carbocycles. The van der Waals surface area contributed by atoms with Crippen molar-refractivity contribution in [2.75, 3.05) is 20.6 Å². The molecule has 98 valence electrons. The van der Waals surface area contributed by atoms with Gasteiger partial charge in [-0.2, -0.15) is 0 Å². The molecule has 0 fully saturated rings. The first-order valence-electron chi connectivity index (χ1n) is 6.16. The van der Waals surface area contributed by atoms with Gasteiger partial charge in [0.25, 0.3) is 0 Å². The summed E-state index contributed by atoms with van der Waals surface area (Å²) in [6.07, 6.45) is 2.04. The van der Waals surface area contributed by atoms with Crippen molar-refractivity contribution in [1.29, 1.82) is 0 Å². The minimum absolute atomic E-state index is 0.216. The molecule has 0 unspecified atom stereocenters. The molecule has 0 atom stereocenters. The van der Waals surface area contributed by atoms with Gasteiger partial charge in [0.1, 0.15) is 0 Å². The highest BCUT2D eigenvalue weighted by molar-refractivity contribution is 7.71. The Bertz CT molecular complexity index is 413. The second kappa shape index (κ2) is 5.36. The molecular formula is C13H25N3S. The zero-order valence-corrected chi connectivity index (χ0v) is 12.7. The van der Waals surface area contributed by atoms with Crippen LogP contribution < -0.4 is 0 Å². The predicted octanol–water partition coefficient (Wildman–Crippen LogP) is 3.26. The molecule has 1 aromatic heterocycles. The van der Waals surface area contributed by atoms with Crippen LogP contribution in [0.2, 0.25) is 0 Å². The molecule has 0 aliphatic rings. The third-order valence-electron chi connectivity index (χ3n) is 2.82. The fourth-order valence-electron chi connectivity index (χ4n) is 2.38. The lowest BCUT2D eigenvalue weighted by atomic mass is 9.92. The Hall–Kier alpha value is -0.610. The highest BCUT2D eigenvalue weighted by atomic mass is 32.1. The summed E-state index contributed by atoms with van der Waals surface area (Å²) in [6.45, 7) is 11.0. The van der Waals surface area contributed by atoms with E-state index in [9.17, 15) is 0 Å². The van der Waals surface area contributed by atoms with Crippen molar-refractivity contribution in [3.05, 3.63) is 16.7 Å². The van der Waals surface area contributed by atoms with Gasteiger partial charge in [-0.05, 0) is 37.6 Å². The lowest BCUT2D eigenvalue weighted by Crippen LogP contribution is -2.33. The summed E-state index contributed by atoms with van der Waals surface area (Å²) < 4.78 is 3.07. The van der Waals surface area contributed by atoms with E-state index in [0.717, 1.165) is 17.9 Å². The molecule has 1 heterocycles. The number of hydrogen-bond acceptors (Lipinski definition) is 2. The first kappa shape index (κ1) is 14.5. The second-order valence-corrected chi connectivity index (χ2v) is 6.55. The fraction of sp³-hybridized carbons (Fsp3) is 0.769. The summed E-state index contributed by atoms with van der Waals surface area (Å²) in [6, 6.07) is 0. The number of nitrogens with one attached hydrogen (secondary N) is 1. The van der Waals surface area contributed by atoms with E-state index in [1.165, 1.54) is 5.69 Å². The molecular weight excluding hydrogens is 230 g/mol. The van der Waals surface area contributed by atoms with Crippen LogP contribution in [-0.2, 0) is 6.54 Å². The second-order valence-electron chi connectivity index (χ2n) is 6.16. The third kappa shape index (κ3) is 3.96. The minimum atomic E-state index is 0.216. The van der Waals surface area contributed by atoms with Crippen LogP contribution in [0, 0.1) is 10.2 Å². The molecule has 0 saturated heterocycles. The van der Waals surface area contributed by atoms with E-state index in [4.69, 9.17) is 12.2 Å². The normalized spacial score (nSPS) is 12.7. The van der Waals surface area contributed by atoms with E-state index < -0.39 is 0 Å². The molecule has 0 spiro atoms. The van der Waals surface area contributed by atoms with Gasteiger partial charge in [0.15, 0.2) is 4.77 Å². The molecule has 3 nitrogen and oxygen atoms in total. The number of rotatable bonds is 5. The molecule has 0 amide bonds. The molecule has 1 rings (SSSR count). The summed E-state index contributed by atoms with van der Waals surface area (Å²) in [5.41, 5.74) is 1.51. The van der Waals surface area contributed by atoms with Gasteiger partial charge >= 0.3 is 0 Å². The largest absolute Gasteiger partial charge is 0.337 e. The Balaban J connectivity index is 2.94. The Morgan fingerprint density at radius 1 is 1.41 bits per heavy atom. The number of H-pyrrole nitrogens is 1. The van der Waals surface area contributed by atoms with Crippen LogP contribution in [0.4, 0.5) is 0 Å². The van der Waals surface area contributed by atoms with Crippen molar-refractivity contribution >= 4 is 12.2 Å². The Kier molecular flexibility index (Phi) is 4.55. The van der Waals surface area contributed by atoms with E-state index >= 15 is 0 Å². The highest BCUT2D eigenvalue weighted by Crippen LogP contribution is 2.23. The average molecular weight is 255 g/mol. The summed E-state index contributed by atoms with van der Waals surface area (Å²) in [7, 11) is 4.23. The summed E-state index contributed by atoms with van der Waals surface area (Å²) in [4.78, 5) is 5.39. The SMILES string of the molecule is CC(C)c1c[nH]c(=S)n1CC(C)(C)CN(C)C. The highest BCUT2D eigenvalue weighted by Gasteiger charge is 2.22. The Labute approximate surface area is 110 Å². The smallest absolute Gasteiger partial charge is 0.177 e. The van der Waals surface area contributed by atoms with Gasteiger partial charge in [-0.3, -0.25) is 0 Å². The molecule has 0 aliphatic carbocycles. The maximum Gasteiger partial charge on any atom is 0.177 e. The number of imidazole rings is 1. The van der Waals surface area contributed by atoms with E-state index in [1.54, 1.807) is 0 Å². The van der Waals surface area contributed by atoms with Gasteiger partial charge in [0, 0.05) is 25.0 Å². The Morgan fingerprint density at radius 2 is 2.00 bits per heavy atom. The van der Waals surface area contributed by atoms with Crippen molar-refractivity contribution in [2.45, 2.75) is 40.2 Å². The Morgan fingerprint density at radius 3 is 2.47 bits per heavy atom. The van der Waals surface area contributed by atoms with Crippen LogP contribution in [0.5, 0.6) is 0 Å². The predicted molar refractivity (Wildman–Crippen MR) is 76.0 cm³/mol. The van der Waals surface area contributed by atoms with Crippen molar-refractivity contribution in [1.82, 2.24) is 14.5 Å². The van der Waals surface area contributed by atoms with Crippen molar-refractivity contribution in [2.24, 2.45) is 5.41 Å². The lowest BCUT2D eigenvalue weighted by molar-refractivity contribution is 0.208. The molecule has 0 aromatic carbocycles. The number of hydrogen-bond donors (Lipinski definition) is 1. The minimum Gasteiger partial charge on any atom is -0.337 e. The lowest BCUT2D eigenvalue weighted by Gasteiger charge is -2.29. The van der Waals surface area contributed by atoms with E-state index in [0.29, 0.717) is 5.92 Å². The first-order chi connectivity index (χ1) is 7.73. The van der Waals surface area contributed by atoms with Gasteiger partial charge in [-0.1, -0.05) is 27.7 Å². The fourth-order valence-corrected chi connectivity index (χ4v) is 2.61. The average Bonchev–Trinajstić information content (AvgIpc) is 2.44. The van der Waals surface area contributed by atoms with Crippen LogP contribution in [-0.4, -0.2) is 35.1 Å². The van der Waals surface area contributed by atoms with E-state index in [-0.39, 0.29) is 5.41 Å². The first-order valence-corrected chi connectivity index (χ1v) is 6.56. The zero-order chi connectivity index (χ0) is 13.2. The van der Waals surface area contributed by atoms with Gasteiger partial charge < -0.3 is 14.5 Å². The van der Waals surface area contributed by atoms with Gasteiger partial charge in [0.2, 0.25) is 0 Å². The summed E-state index contributed by atoms with van der Waals surface area (Å²) in [5, 5.41) is 0. The number of nitrogens with zero attached hydrogens (tertiary/aromatic N) is 2. The number of aromatic amines is 1. The van der Waals surface area contributed by atoms with Crippen LogP contribution >= 0.6 is 12.2 Å². The molecule has 0 aliphatic heterocycles. The standard InChI is InChI=1S/C13H25N3S/c1-10(2)11-7-14-12(17)16(11)9-13(3,4)8-15(5)6/h7,10H,8-9H2,1-6H3,(H,14,17). The van der Waals surface area contributed by atoms with Gasteiger partial charge in [-0.15, -0.1) is 0 Å². The van der Waals surface area contributed by atoms with Crippen LogP contribution in [0.3, 0.4) is 0 Å². The summed E-state index contributed by atoms with van der Waals surface area (Å²) >= 11 is 5.37. The quantitative estimate of drug-likeness (QED) is 0.817. The molecule has 1 N–H and O–H groups in total. The monoisotopic (exact) mass is 255 g/mol. The van der Waals surface area contributed by atoms with Crippen molar-refractivity contribution in [3.63, 3.8) is 0 Å². The molecule has 1 aromatic rings. The van der Waals surface area contributed by atoms with Crippen molar-refractivity contribution in [3.8, 4) is 0 Å².